The van der Waals surface area contributed by atoms with Crippen molar-refractivity contribution in [1.29, 1.82) is 0 Å². The van der Waals surface area contributed by atoms with E-state index in [9.17, 15) is 0 Å². The van der Waals surface area contributed by atoms with Crippen LogP contribution in [0.3, 0.4) is 0 Å². The summed E-state index contributed by atoms with van der Waals surface area (Å²) >= 11 is 1.66. The minimum Gasteiger partial charge on any atom is -0.375 e. The summed E-state index contributed by atoms with van der Waals surface area (Å²) in [6.07, 6.45) is 6.54. The Labute approximate surface area is 180 Å². The van der Waals surface area contributed by atoms with Gasteiger partial charge >= 0.3 is 0 Å². The van der Waals surface area contributed by atoms with Crippen molar-refractivity contribution in [1.82, 2.24) is 30.5 Å². The predicted octanol–water partition coefficient (Wildman–Crippen LogP) is 2.97. The summed E-state index contributed by atoms with van der Waals surface area (Å²) in [4.78, 5) is 16.2. The highest BCUT2D eigenvalue weighted by Crippen LogP contribution is 2.27. The Kier molecular flexibility index (Phi) is 5.61. The monoisotopic (exact) mass is 421 g/mol. The fourth-order valence-electron chi connectivity index (χ4n) is 4.04. The maximum Gasteiger partial charge on any atom is 0.224 e. The first-order chi connectivity index (χ1) is 14.7. The number of anilines is 1. The molecule has 4 heterocycles. The Hall–Kier alpha value is -2.55. The lowest BCUT2D eigenvalue weighted by atomic mass is 10.0. The first kappa shape index (κ1) is 19.4. The number of aromatic nitrogens is 3. The molecular weight excluding hydrogens is 394 g/mol. The molecule has 1 unspecified atom stereocenters. The minimum atomic E-state index is 0.182. The van der Waals surface area contributed by atoms with Crippen molar-refractivity contribution in [2.75, 3.05) is 38.0 Å². The number of piperazine rings is 1. The van der Waals surface area contributed by atoms with E-state index >= 15 is 0 Å². The van der Waals surface area contributed by atoms with Crippen molar-refractivity contribution in [3.8, 4) is 11.3 Å². The Morgan fingerprint density at radius 3 is 2.97 bits per heavy atom. The van der Waals surface area contributed by atoms with Gasteiger partial charge in [-0.1, -0.05) is 6.07 Å². The van der Waals surface area contributed by atoms with Crippen LogP contribution in [-0.4, -0.2) is 58.7 Å². The highest BCUT2D eigenvalue weighted by molar-refractivity contribution is 7.16. The molecule has 2 saturated heterocycles. The number of nitrogens with zero attached hydrogens (tertiary/aromatic N) is 4. The standard InChI is InChI=1S/C22H27N7S/c1-15-11-25-22(28-21(15)17-3-4-19-18(10-17)26-14-30-19)27-20-5-2-16(12-24-20)13-29-8-6-23-7-9-29/h3-4,10-11,13-14,20,23-24H,2,5-9,12H2,1H3,(H,25,27,28). The number of piperidine rings is 1. The van der Waals surface area contributed by atoms with Gasteiger partial charge in [-0.25, -0.2) is 15.0 Å². The van der Waals surface area contributed by atoms with Crippen LogP contribution in [0.15, 0.2) is 41.7 Å². The number of thiazole rings is 1. The molecule has 30 heavy (non-hydrogen) atoms. The van der Waals surface area contributed by atoms with E-state index in [1.54, 1.807) is 11.3 Å². The van der Waals surface area contributed by atoms with Gasteiger partial charge < -0.3 is 15.5 Å². The molecule has 0 amide bonds. The van der Waals surface area contributed by atoms with Crippen molar-refractivity contribution in [2.24, 2.45) is 0 Å². The highest BCUT2D eigenvalue weighted by Gasteiger charge is 2.18. The Morgan fingerprint density at radius 2 is 2.13 bits per heavy atom. The molecule has 8 heteroatoms. The topological polar surface area (TPSA) is 78.0 Å². The van der Waals surface area contributed by atoms with Crippen LogP contribution in [0, 0.1) is 6.92 Å². The van der Waals surface area contributed by atoms with Crippen LogP contribution in [0.5, 0.6) is 0 Å². The lowest BCUT2D eigenvalue weighted by Gasteiger charge is -2.30. The fraction of sp³-hybridized carbons (Fsp3) is 0.409. The number of benzene rings is 1. The van der Waals surface area contributed by atoms with Gasteiger partial charge in [-0.2, -0.15) is 0 Å². The molecule has 0 saturated carbocycles. The third-order valence-electron chi connectivity index (χ3n) is 5.73. The number of rotatable bonds is 4. The molecule has 0 spiro atoms. The van der Waals surface area contributed by atoms with E-state index in [4.69, 9.17) is 4.98 Å². The van der Waals surface area contributed by atoms with Crippen LogP contribution in [0.25, 0.3) is 21.5 Å². The van der Waals surface area contributed by atoms with Gasteiger partial charge in [0, 0.05) is 44.5 Å². The molecule has 5 rings (SSSR count). The molecule has 2 aliphatic heterocycles. The fourth-order valence-corrected chi connectivity index (χ4v) is 4.70. The average molecular weight is 422 g/mol. The zero-order chi connectivity index (χ0) is 20.3. The van der Waals surface area contributed by atoms with Gasteiger partial charge in [-0.05, 0) is 49.2 Å². The number of fused-ring (bicyclic) bond motifs is 1. The summed E-state index contributed by atoms with van der Waals surface area (Å²) in [6, 6.07) is 6.34. The van der Waals surface area contributed by atoms with Crippen LogP contribution in [0.2, 0.25) is 0 Å². The molecule has 0 aliphatic carbocycles. The summed E-state index contributed by atoms with van der Waals surface area (Å²) in [5.74, 6) is 0.668. The summed E-state index contributed by atoms with van der Waals surface area (Å²) < 4.78 is 1.19. The van der Waals surface area contributed by atoms with E-state index in [2.05, 4.69) is 62.1 Å². The van der Waals surface area contributed by atoms with Gasteiger partial charge in [-0.3, -0.25) is 5.32 Å². The largest absolute Gasteiger partial charge is 0.375 e. The van der Waals surface area contributed by atoms with Gasteiger partial charge in [0.2, 0.25) is 5.95 Å². The average Bonchev–Trinajstić information content (AvgIpc) is 3.25. The normalized spacial score (nSPS) is 21.3. The van der Waals surface area contributed by atoms with E-state index in [0.717, 1.165) is 67.9 Å². The lowest BCUT2D eigenvalue weighted by molar-refractivity contribution is 0.318. The van der Waals surface area contributed by atoms with E-state index in [1.165, 1.54) is 10.3 Å². The molecule has 1 aromatic carbocycles. The van der Waals surface area contributed by atoms with E-state index < -0.39 is 0 Å². The summed E-state index contributed by atoms with van der Waals surface area (Å²) in [6.45, 7) is 7.29. The van der Waals surface area contributed by atoms with Crippen LogP contribution < -0.4 is 16.0 Å². The van der Waals surface area contributed by atoms with E-state index in [-0.39, 0.29) is 6.17 Å². The Bertz CT molecular complexity index is 1040. The van der Waals surface area contributed by atoms with Gasteiger partial charge in [0.05, 0.1) is 27.6 Å². The van der Waals surface area contributed by atoms with Gasteiger partial charge in [0.15, 0.2) is 0 Å². The van der Waals surface area contributed by atoms with Gasteiger partial charge in [0.25, 0.3) is 0 Å². The molecule has 1 atom stereocenters. The van der Waals surface area contributed by atoms with Crippen LogP contribution in [0.1, 0.15) is 18.4 Å². The molecule has 2 aromatic heterocycles. The number of hydrogen-bond acceptors (Lipinski definition) is 8. The molecule has 0 bridgehead atoms. The van der Waals surface area contributed by atoms with Gasteiger partial charge in [0.1, 0.15) is 0 Å². The second-order valence-electron chi connectivity index (χ2n) is 7.95. The number of aryl methyl sites for hydroxylation is 1. The maximum atomic E-state index is 4.82. The summed E-state index contributed by atoms with van der Waals surface area (Å²) in [5, 5.41) is 10.5. The Morgan fingerprint density at radius 1 is 1.23 bits per heavy atom. The minimum absolute atomic E-state index is 0.182. The zero-order valence-corrected chi connectivity index (χ0v) is 18.0. The summed E-state index contributed by atoms with van der Waals surface area (Å²) in [5.41, 5.74) is 7.47. The molecule has 2 aliphatic rings. The van der Waals surface area contributed by atoms with Crippen molar-refractivity contribution >= 4 is 27.5 Å². The Balaban J connectivity index is 1.26. The van der Waals surface area contributed by atoms with Crippen molar-refractivity contribution < 1.29 is 0 Å². The smallest absolute Gasteiger partial charge is 0.224 e. The third-order valence-corrected chi connectivity index (χ3v) is 6.54. The maximum absolute atomic E-state index is 4.82. The highest BCUT2D eigenvalue weighted by atomic mass is 32.1. The van der Waals surface area contributed by atoms with Crippen molar-refractivity contribution in [2.45, 2.75) is 25.9 Å². The van der Waals surface area contributed by atoms with Crippen molar-refractivity contribution in [3.05, 3.63) is 47.2 Å². The van der Waals surface area contributed by atoms with E-state index in [0.29, 0.717) is 5.95 Å². The predicted molar refractivity (Wildman–Crippen MR) is 123 cm³/mol. The SMILES string of the molecule is Cc1cnc(NC2CCC(=CN3CCNCC3)CN2)nc1-c1ccc2scnc2c1. The quantitative estimate of drug-likeness (QED) is 0.598. The second kappa shape index (κ2) is 8.67. The third kappa shape index (κ3) is 4.30. The molecule has 3 N–H and O–H groups in total. The lowest BCUT2D eigenvalue weighted by Crippen LogP contribution is -2.43. The molecule has 3 aromatic rings. The first-order valence-electron chi connectivity index (χ1n) is 10.6. The van der Waals surface area contributed by atoms with Crippen molar-refractivity contribution in [3.63, 3.8) is 0 Å². The summed E-state index contributed by atoms with van der Waals surface area (Å²) in [7, 11) is 0. The molecule has 2 fully saturated rings. The first-order valence-corrected chi connectivity index (χ1v) is 11.4. The molecular formula is C22H27N7S. The number of nitrogens with one attached hydrogen (secondary N) is 3. The van der Waals surface area contributed by atoms with E-state index in [1.807, 2.05) is 11.7 Å². The second-order valence-corrected chi connectivity index (χ2v) is 8.84. The molecule has 0 radical (unpaired) electrons. The molecule has 7 nitrogen and oxygen atoms in total. The molecule has 156 valence electrons. The number of hydrogen-bond donors (Lipinski definition) is 3. The van der Waals surface area contributed by atoms with Crippen LogP contribution >= 0.6 is 11.3 Å². The zero-order valence-electron chi connectivity index (χ0n) is 17.2. The van der Waals surface area contributed by atoms with Crippen LogP contribution in [-0.2, 0) is 0 Å². The van der Waals surface area contributed by atoms with Crippen LogP contribution in [0.4, 0.5) is 5.95 Å². The van der Waals surface area contributed by atoms with Gasteiger partial charge in [-0.15, -0.1) is 11.3 Å².